The van der Waals surface area contributed by atoms with E-state index >= 15 is 0 Å². The molecule has 5 aliphatic rings. The van der Waals surface area contributed by atoms with Crippen molar-refractivity contribution in [1.29, 1.82) is 0 Å². The summed E-state index contributed by atoms with van der Waals surface area (Å²) >= 11 is 0. The van der Waals surface area contributed by atoms with E-state index in [0.29, 0.717) is 11.8 Å². The second-order valence-corrected chi connectivity index (χ2v) is 12.0. The average molecular weight is 499 g/mol. The fourth-order valence-electron chi connectivity index (χ4n) is 6.75. The number of fused-ring (bicyclic) bond motifs is 1. The van der Waals surface area contributed by atoms with Gasteiger partial charge < -0.3 is 15.1 Å². The molecule has 2 aromatic carbocycles. The van der Waals surface area contributed by atoms with E-state index in [1.807, 2.05) is 12.1 Å². The van der Waals surface area contributed by atoms with Crippen molar-refractivity contribution >= 4 is 17.3 Å². The molecule has 2 heterocycles. The predicted octanol–water partition coefficient (Wildman–Crippen LogP) is 5.22. The summed E-state index contributed by atoms with van der Waals surface area (Å²) < 4.78 is 0. The van der Waals surface area contributed by atoms with Crippen LogP contribution in [0.25, 0.3) is 5.57 Å². The number of aromatic carboxylic acids is 1. The van der Waals surface area contributed by atoms with Gasteiger partial charge in [-0.3, -0.25) is 4.90 Å². The van der Waals surface area contributed by atoms with Gasteiger partial charge in [-0.15, -0.1) is 0 Å². The van der Waals surface area contributed by atoms with E-state index in [2.05, 4.69) is 35.2 Å². The quantitative estimate of drug-likeness (QED) is 0.570. The Labute approximate surface area is 217 Å². The number of hydrogen-bond acceptors (Lipinski definition) is 5. The van der Waals surface area contributed by atoms with Crippen molar-refractivity contribution in [3.63, 3.8) is 0 Å². The van der Waals surface area contributed by atoms with Crippen LogP contribution < -0.4 is 0 Å². The minimum atomic E-state index is -0.922. The highest BCUT2D eigenvalue weighted by atomic mass is 16.7. The number of nitrogens with zero attached hydrogens (tertiary/aromatic N) is 2. The second kappa shape index (κ2) is 8.27. The molecule has 192 valence electrons. The van der Waals surface area contributed by atoms with Gasteiger partial charge in [0.15, 0.2) is 0 Å². The van der Waals surface area contributed by atoms with Crippen LogP contribution >= 0.6 is 0 Å². The number of aryl methyl sites for hydroxylation is 1. The first-order chi connectivity index (χ1) is 17.8. The zero-order chi connectivity index (χ0) is 25.4. The Hall–Kier alpha value is -2.96. The first-order valence-electron chi connectivity index (χ1n) is 13.7. The number of carbonyl (C=O) groups is 1. The molecular formula is C31H34N2O4. The molecule has 6 nitrogen and oxygen atoms in total. The van der Waals surface area contributed by atoms with Crippen LogP contribution in [0.4, 0.5) is 0 Å². The fourth-order valence-corrected chi connectivity index (χ4v) is 6.75. The lowest BCUT2D eigenvalue weighted by Crippen LogP contribution is -2.45. The summed E-state index contributed by atoms with van der Waals surface area (Å²) in [6.07, 6.45) is 9.53. The third-order valence-electron chi connectivity index (χ3n) is 9.21. The number of hydrogen-bond donors (Lipinski definition) is 2. The van der Waals surface area contributed by atoms with Crippen molar-refractivity contribution in [3.05, 3.63) is 75.9 Å². The van der Waals surface area contributed by atoms with Crippen LogP contribution in [0, 0.1) is 12.8 Å². The maximum atomic E-state index is 11.8. The molecule has 2 aromatic rings. The summed E-state index contributed by atoms with van der Waals surface area (Å²) in [6, 6.07) is 11.6. The molecule has 1 saturated heterocycles. The Balaban J connectivity index is 1.05. The molecule has 3 aliphatic carbocycles. The molecule has 2 aliphatic heterocycles. The van der Waals surface area contributed by atoms with Gasteiger partial charge in [-0.1, -0.05) is 29.4 Å². The predicted molar refractivity (Wildman–Crippen MR) is 142 cm³/mol. The van der Waals surface area contributed by atoms with Crippen molar-refractivity contribution in [1.82, 2.24) is 4.90 Å². The molecule has 1 atom stereocenters. The molecule has 2 saturated carbocycles. The zero-order valence-electron chi connectivity index (χ0n) is 21.4. The van der Waals surface area contributed by atoms with Crippen LogP contribution in [-0.4, -0.2) is 52.0 Å². The number of aliphatic hydroxyl groups is 1. The summed E-state index contributed by atoms with van der Waals surface area (Å²) in [7, 11) is 0. The molecule has 6 heteroatoms. The standard InChI is InChI=1S/C31H34N2O4/c1-19-14-23(20-2-3-20)15-26-24(16-31(36,28(19)26)25-8-9-25)18-33-12-10-30(11-13-33)17-27(32-37-30)21-4-6-22(7-5-21)29(34)35/h4-7,14-16,20,25,36H,2-3,8-13,17-18H2,1H3,(H,34,35). The Bertz CT molecular complexity index is 1330. The van der Waals surface area contributed by atoms with E-state index in [9.17, 15) is 9.90 Å². The number of oxime groups is 1. The number of benzene rings is 2. The summed E-state index contributed by atoms with van der Waals surface area (Å²) in [4.78, 5) is 19.7. The largest absolute Gasteiger partial charge is 0.478 e. The van der Waals surface area contributed by atoms with E-state index in [4.69, 9.17) is 9.94 Å². The summed E-state index contributed by atoms with van der Waals surface area (Å²) in [5, 5.41) is 25.4. The summed E-state index contributed by atoms with van der Waals surface area (Å²) in [5.41, 5.74) is 7.45. The molecule has 37 heavy (non-hydrogen) atoms. The highest BCUT2D eigenvalue weighted by Crippen LogP contribution is 2.55. The third kappa shape index (κ3) is 4.02. The summed E-state index contributed by atoms with van der Waals surface area (Å²) in [6.45, 7) is 4.90. The fraction of sp³-hybridized carbons (Fsp3) is 0.484. The van der Waals surface area contributed by atoms with Crippen molar-refractivity contribution in [2.75, 3.05) is 19.6 Å². The lowest BCUT2D eigenvalue weighted by molar-refractivity contribution is -0.0595. The molecule has 7 rings (SSSR count). The van der Waals surface area contributed by atoms with Crippen molar-refractivity contribution in [3.8, 4) is 0 Å². The minimum Gasteiger partial charge on any atom is -0.478 e. The van der Waals surface area contributed by atoms with Crippen LogP contribution in [0.2, 0.25) is 0 Å². The zero-order valence-corrected chi connectivity index (χ0v) is 21.4. The van der Waals surface area contributed by atoms with Gasteiger partial charge >= 0.3 is 5.97 Å². The van der Waals surface area contributed by atoms with Crippen LogP contribution in [0.1, 0.15) is 89.0 Å². The van der Waals surface area contributed by atoms with Gasteiger partial charge in [0.25, 0.3) is 0 Å². The van der Waals surface area contributed by atoms with Gasteiger partial charge in [-0.2, -0.15) is 0 Å². The van der Waals surface area contributed by atoms with Crippen LogP contribution in [0.5, 0.6) is 0 Å². The monoisotopic (exact) mass is 498 g/mol. The Morgan fingerprint density at radius 3 is 2.49 bits per heavy atom. The Morgan fingerprint density at radius 1 is 1.11 bits per heavy atom. The van der Waals surface area contributed by atoms with Gasteiger partial charge in [0.05, 0.1) is 11.3 Å². The van der Waals surface area contributed by atoms with Gasteiger partial charge in [0.2, 0.25) is 0 Å². The van der Waals surface area contributed by atoms with Crippen molar-refractivity contribution < 1.29 is 19.8 Å². The molecule has 3 fully saturated rings. The number of rotatable bonds is 6. The number of carboxylic acid groups (broad SMARTS) is 1. The molecule has 0 bridgehead atoms. The number of piperidine rings is 1. The van der Waals surface area contributed by atoms with Crippen molar-refractivity contribution in [2.45, 2.75) is 69.0 Å². The SMILES string of the molecule is Cc1cc(C2CC2)cc2c1C(O)(C1CC1)C=C2CN1CCC2(CC1)CC(c1ccc(C(=O)O)cc1)=NO2. The smallest absolute Gasteiger partial charge is 0.335 e. The van der Waals surface area contributed by atoms with E-state index in [0.717, 1.165) is 68.6 Å². The maximum absolute atomic E-state index is 11.8. The van der Waals surface area contributed by atoms with Crippen LogP contribution in [-0.2, 0) is 10.4 Å². The third-order valence-corrected chi connectivity index (χ3v) is 9.21. The first-order valence-corrected chi connectivity index (χ1v) is 13.7. The average Bonchev–Trinajstić information content (AvgIpc) is 3.82. The van der Waals surface area contributed by atoms with E-state index < -0.39 is 11.6 Å². The lowest BCUT2D eigenvalue weighted by Gasteiger charge is -2.37. The van der Waals surface area contributed by atoms with Gasteiger partial charge in [-0.25, -0.2) is 4.79 Å². The Morgan fingerprint density at radius 2 is 1.84 bits per heavy atom. The molecule has 0 amide bonds. The van der Waals surface area contributed by atoms with Crippen LogP contribution in [0.15, 0.2) is 47.6 Å². The minimum absolute atomic E-state index is 0.274. The van der Waals surface area contributed by atoms with Crippen molar-refractivity contribution in [2.24, 2.45) is 11.1 Å². The number of carboxylic acids is 1. The maximum Gasteiger partial charge on any atom is 0.335 e. The van der Waals surface area contributed by atoms with Crippen LogP contribution in [0.3, 0.4) is 0 Å². The van der Waals surface area contributed by atoms with E-state index in [-0.39, 0.29) is 11.2 Å². The lowest BCUT2D eigenvalue weighted by atomic mass is 9.85. The highest BCUT2D eigenvalue weighted by molar-refractivity contribution is 6.02. The number of likely N-dealkylation sites (tertiary alicyclic amines) is 1. The van der Waals surface area contributed by atoms with Gasteiger partial charge in [0.1, 0.15) is 11.2 Å². The first kappa shape index (κ1) is 23.2. The molecule has 0 aromatic heterocycles. The van der Waals surface area contributed by atoms with Gasteiger partial charge in [-0.05, 0) is 96.0 Å². The Kier molecular flexibility index (Phi) is 5.18. The van der Waals surface area contributed by atoms with E-state index in [1.165, 1.54) is 35.1 Å². The summed E-state index contributed by atoms with van der Waals surface area (Å²) in [5.74, 6) is 0.129. The highest BCUT2D eigenvalue weighted by Gasteiger charge is 2.50. The van der Waals surface area contributed by atoms with Gasteiger partial charge in [0, 0.05) is 38.9 Å². The second-order valence-electron chi connectivity index (χ2n) is 12.0. The molecule has 1 unspecified atom stereocenters. The normalized spacial score (nSPS) is 26.5. The molecule has 1 spiro atoms. The molecule has 2 N–H and O–H groups in total. The molecule has 0 radical (unpaired) electrons. The molecular weight excluding hydrogens is 464 g/mol. The van der Waals surface area contributed by atoms with E-state index in [1.54, 1.807) is 12.1 Å². The topological polar surface area (TPSA) is 82.4 Å².